The van der Waals surface area contributed by atoms with E-state index in [-0.39, 0.29) is 18.1 Å². The van der Waals surface area contributed by atoms with Crippen LogP contribution in [0.5, 0.6) is 0 Å². The lowest BCUT2D eigenvalue weighted by molar-refractivity contribution is -0.115. The molecule has 0 radical (unpaired) electrons. The van der Waals surface area contributed by atoms with E-state index in [9.17, 15) is 9.59 Å². The molecule has 5 heteroatoms. The molecule has 2 N–H and O–H groups in total. The highest BCUT2D eigenvalue weighted by Gasteiger charge is 2.06. The summed E-state index contributed by atoms with van der Waals surface area (Å²) < 4.78 is 0. The zero-order valence-corrected chi connectivity index (χ0v) is 9.93. The van der Waals surface area contributed by atoms with Crippen LogP contribution in [0.1, 0.15) is 23.0 Å². The van der Waals surface area contributed by atoms with Crippen molar-refractivity contribution in [1.29, 1.82) is 0 Å². The van der Waals surface area contributed by atoms with Crippen LogP contribution in [-0.4, -0.2) is 21.9 Å². The normalized spacial score (nSPS) is 10.1. The molecule has 1 heterocycles. The molecule has 0 bridgehead atoms. The van der Waals surface area contributed by atoms with E-state index in [2.05, 4.69) is 15.5 Å². The van der Waals surface area contributed by atoms with Crippen molar-refractivity contribution in [2.75, 3.05) is 5.32 Å². The fourth-order valence-electron chi connectivity index (χ4n) is 1.58. The second kappa shape index (κ2) is 5.27. The molecule has 0 aliphatic carbocycles. The second-order valence-electron chi connectivity index (χ2n) is 3.94. The van der Waals surface area contributed by atoms with Crippen LogP contribution in [0.25, 0.3) is 0 Å². The Kier molecular flexibility index (Phi) is 3.52. The van der Waals surface area contributed by atoms with Crippen LogP contribution in [-0.2, 0) is 11.2 Å². The number of hydrogen-bond acceptors (Lipinski definition) is 3. The minimum atomic E-state index is -0.153. The van der Waals surface area contributed by atoms with Gasteiger partial charge in [-0.05, 0) is 25.1 Å². The third-order valence-corrected chi connectivity index (χ3v) is 2.46. The highest BCUT2D eigenvalue weighted by atomic mass is 16.1. The molecule has 2 rings (SSSR count). The smallest absolute Gasteiger partial charge is 0.230 e. The van der Waals surface area contributed by atoms with Crippen molar-refractivity contribution in [1.82, 2.24) is 10.2 Å². The SMILES string of the molecule is CC(=O)c1cccc(NC(=O)Cc2ccn[nH]2)c1. The largest absolute Gasteiger partial charge is 0.326 e. The molecule has 0 saturated heterocycles. The van der Waals surface area contributed by atoms with Gasteiger partial charge in [0, 0.05) is 23.1 Å². The maximum atomic E-state index is 11.7. The lowest BCUT2D eigenvalue weighted by Gasteiger charge is -2.05. The summed E-state index contributed by atoms with van der Waals surface area (Å²) in [6.07, 6.45) is 1.82. The number of amides is 1. The molecule has 1 aromatic heterocycles. The van der Waals surface area contributed by atoms with Crippen molar-refractivity contribution < 1.29 is 9.59 Å². The van der Waals surface area contributed by atoms with Crippen molar-refractivity contribution in [2.24, 2.45) is 0 Å². The number of rotatable bonds is 4. The Morgan fingerprint density at radius 2 is 2.17 bits per heavy atom. The molecule has 18 heavy (non-hydrogen) atoms. The fraction of sp³-hybridized carbons (Fsp3) is 0.154. The number of hydrogen-bond donors (Lipinski definition) is 2. The van der Waals surface area contributed by atoms with Gasteiger partial charge < -0.3 is 5.32 Å². The first-order valence-corrected chi connectivity index (χ1v) is 5.54. The van der Waals surface area contributed by atoms with Gasteiger partial charge in [-0.25, -0.2) is 0 Å². The van der Waals surface area contributed by atoms with Crippen LogP contribution in [0.3, 0.4) is 0 Å². The molecule has 1 aromatic carbocycles. The topological polar surface area (TPSA) is 74.8 Å². The standard InChI is InChI=1S/C13H13N3O2/c1-9(17)10-3-2-4-11(7-10)15-13(18)8-12-5-6-14-16-12/h2-7H,8H2,1H3,(H,14,16)(H,15,18). The molecule has 5 nitrogen and oxygen atoms in total. The van der Waals surface area contributed by atoms with Crippen molar-refractivity contribution in [2.45, 2.75) is 13.3 Å². The Hall–Kier alpha value is -2.43. The van der Waals surface area contributed by atoms with E-state index in [1.807, 2.05) is 0 Å². The minimum Gasteiger partial charge on any atom is -0.326 e. The van der Waals surface area contributed by atoms with Crippen LogP contribution in [0.4, 0.5) is 5.69 Å². The van der Waals surface area contributed by atoms with Crippen molar-refractivity contribution in [3.63, 3.8) is 0 Å². The Balaban J connectivity index is 2.03. The van der Waals surface area contributed by atoms with Gasteiger partial charge in [0.05, 0.1) is 6.42 Å². The lowest BCUT2D eigenvalue weighted by Crippen LogP contribution is -2.14. The number of nitrogens with one attached hydrogen (secondary N) is 2. The number of benzene rings is 1. The van der Waals surface area contributed by atoms with Gasteiger partial charge in [-0.2, -0.15) is 5.10 Å². The third-order valence-electron chi connectivity index (χ3n) is 2.46. The molecule has 92 valence electrons. The number of aromatic nitrogens is 2. The Bertz CT molecular complexity index is 561. The van der Waals surface area contributed by atoms with Gasteiger partial charge in [0.15, 0.2) is 5.78 Å². The van der Waals surface area contributed by atoms with Crippen molar-refractivity contribution in [3.05, 3.63) is 47.8 Å². The maximum absolute atomic E-state index is 11.7. The van der Waals surface area contributed by atoms with E-state index >= 15 is 0 Å². The van der Waals surface area contributed by atoms with Crippen molar-refractivity contribution >= 4 is 17.4 Å². The molecule has 0 aliphatic rings. The summed E-state index contributed by atoms with van der Waals surface area (Å²) in [6.45, 7) is 1.49. The Labute approximate surface area is 104 Å². The number of anilines is 1. The third kappa shape index (κ3) is 3.04. The lowest BCUT2D eigenvalue weighted by atomic mass is 10.1. The van der Waals surface area contributed by atoms with Crippen LogP contribution in [0.15, 0.2) is 36.5 Å². The fourth-order valence-corrected chi connectivity index (χ4v) is 1.58. The molecule has 0 fully saturated rings. The molecular formula is C13H13N3O2. The summed E-state index contributed by atoms with van der Waals surface area (Å²) >= 11 is 0. The first-order valence-electron chi connectivity index (χ1n) is 5.54. The van der Waals surface area contributed by atoms with E-state index < -0.39 is 0 Å². The predicted octanol–water partition coefficient (Wildman–Crippen LogP) is 1.79. The van der Waals surface area contributed by atoms with Gasteiger partial charge in [-0.3, -0.25) is 14.7 Å². The number of H-pyrrole nitrogens is 1. The summed E-state index contributed by atoms with van der Waals surface area (Å²) in [5.74, 6) is -0.181. The first-order chi connectivity index (χ1) is 8.65. The van der Waals surface area contributed by atoms with E-state index in [4.69, 9.17) is 0 Å². The van der Waals surface area contributed by atoms with Crippen LogP contribution in [0.2, 0.25) is 0 Å². The molecule has 0 spiro atoms. The molecule has 0 atom stereocenters. The minimum absolute atomic E-state index is 0.0281. The Morgan fingerprint density at radius 1 is 1.33 bits per heavy atom. The molecule has 0 saturated carbocycles. The zero-order chi connectivity index (χ0) is 13.0. The van der Waals surface area contributed by atoms with Crippen molar-refractivity contribution in [3.8, 4) is 0 Å². The summed E-state index contributed by atoms with van der Waals surface area (Å²) in [6, 6.07) is 8.60. The number of ketones is 1. The van der Waals surface area contributed by atoms with Gasteiger partial charge in [0.2, 0.25) is 5.91 Å². The van der Waals surface area contributed by atoms with E-state index in [1.54, 1.807) is 36.5 Å². The molecular weight excluding hydrogens is 230 g/mol. The first kappa shape index (κ1) is 12.0. The van der Waals surface area contributed by atoms with Gasteiger partial charge in [-0.15, -0.1) is 0 Å². The number of carbonyl (C=O) groups excluding carboxylic acids is 2. The van der Waals surface area contributed by atoms with Crippen LogP contribution >= 0.6 is 0 Å². The van der Waals surface area contributed by atoms with Gasteiger partial charge >= 0.3 is 0 Å². The monoisotopic (exact) mass is 243 g/mol. The number of carbonyl (C=O) groups is 2. The average Bonchev–Trinajstić information content (AvgIpc) is 2.82. The molecule has 1 amide bonds. The average molecular weight is 243 g/mol. The van der Waals surface area contributed by atoms with Crippen LogP contribution < -0.4 is 5.32 Å². The summed E-state index contributed by atoms with van der Waals surface area (Å²) in [4.78, 5) is 22.9. The van der Waals surface area contributed by atoms with Crippen LogP contribution in [0, 0.1) is 0 Å². The Morgan fingerprint density at radius 3 is 2.83 bits per heavy atom. The number of aromatic amines is 1. The van der Waals surface area contributed by atoms with Gasteiger partial charge in [0.25, 0.3) is 0 Å². The molecule has 2 aromatic rings. The van der Waals surface area contributed by atoms with E-state index in [0.717, 1.165) is 5.69 Å². The maximum Gasteiger partial charge on any atom is 0.230 e. The highest BCUT2D eigenvalue weighted by molar-refractivity contribution is 5.97. The van der Waals surface area contributed by atoms with Gasteiger partial charge in [0.1, 0.15) is 0 Å². The zero-order valence-electron chi connectivity index (χ0n) is 9.93. The number of Topliss-reactive ketones (excluding diaryl/α,β-unsaturated/α-hetero) is 1. The molecule has 0 aliphatic heterocycles. The van der Waals surface area contributed by atoms with E-state index in [0.29, 0.717) is 11.3 Å². The summed E-state index contributed by atoms with van der Waals surface area (Å²) in [5, 5.41) is 9.22. The summed E-state index contributed by atoms with van der Waals surface area (Å²) in [7, 11) is 0. The second-order valence-corrected chi connectivity index (χ2v) is 3.94. The number of nitrogens with zero attached hydrogens (tertiary/aromatic N) is 1. The highest BCUT2D eigenvalue weighted by Crippen LogP contribution is 2.11. The van der Waals surface area contributed by atoms with Gasteiger partial charge in [-0.1, -0.05) is 12.1 Å². The predicted molar refractivity (Wildman–Crippen MR) is 67.4 cm³/mol. The van der Waals surface area contributed by atoms with E-state index in [1.165, 1.54) is 6.92 Å². The summed E-state index contributed by atoms with van der Waals surface area (Å²) in [5.41, 5.74) is 1.94. The quantitative estimate of drug-likeness (QED) is 0.804. The molecule has 0 unspecified atom stereocenters.